The lowest BCUT2D eigenvalue weighted by molar-refractivity contribution is 0.0200. The van der Waals surface area contributed by atoms with Gasteiger partial charge in [-0.15, -0.1) is 0 Å². The fourth-order valence-corrected chi connectivity index (χ4v) is 4.64. The zero-order valence-corrected chi connectivity index (χ0v) is 28.7. The van der Waals surface area contributed by atoms with Crippen molar-refractivity contribution in [3.05, 3.63) is 34.8 Å². The summed E-state index contributed by atoms with van der Waals surface area (Å²) in [5, 5.41) is 7.65. The second-order valence-corrected chi connectivity index (χ2v) is 13.1. The maximum Gasteiger partial charge on any atom is 0.410 e. The Morgan fingerprint density at radius 3 is 2.11 bits per heavy atom. The van der Waals surface area contributed by atoms with Crippen LogP contribution >= 0.6 is 11.3 Å². The van der Waals surface area contributed by atoms with E-state index in [1.54, 1.807) is 17.4 Å². The average Bonchev–Trinajstić information content (AvgIpc) is 3.42. The van der Waals surface area contributed by atoms with E-state index in [4.69, 9.17) is 23.7 Å². The van der Waals surface area contributed by atoms with Gasteiger partial charge < -0.3 is 39.2 Å². The SMILES string of the molecule is COc1ccc(C(C)(C)C)cc1Oc1nc(C(=O)Nc2c(OC)nc(NCCN(C(=O)OC(C)(C)C)C(C)C)nc2OC)cs1. The van der Waals surface area contributed by atoms with Crippen molar-refractivity contribution in [1.29, 1.82) is 0 Å². The number of carbonyl (C=O) groups is 2. The van der Waals surface area contributed by atoms with Gasteiger partial charge in [-0.1, -0.05) is 38.2 Å². The number of ether oxygens (including phenoxy) is 5. The summed E-state index contributed by atoms with van der Waals surface area (Å²) in [6.07, 6.45) is -0.415. The molecule has 1 aromatic carbocycles. The van der Waals surface area contributed by atoms with Crippen molar-refractivity contribution in [3.63, 3.8) is 0 Å². The van der Waals surface area contributed by atoms with Crippen LogP contribution in [-0.4, -0.2) is 77.9 Å². The first-order chi connectivity index (χ1) is 21.1. The van der Waals surface area contributed by atoms with E-state index >= 15 is 0 Å². The lowest BCUT2D eigenvalue weighted by Gasteiger charge is -2.30. The number of nitrogens with zero attached hydrogens (tertiary/aromatic N) is 4. The average molecular weight is 645 g/mol. The fraction of sp³-hybridized carbons (Fsp3) is 0.516. The molecular formula is C31H44N6O7S. The van der Waals surface area contributed by atoms with Gasteiger partial charge in [-0.05, 0) is 57.7 Å². The van der Waals surface area contributed by atoms with E-state index in [2.05, 4.69) is 46.4 Å². The van der Waals surface area contributed by atoms with Crippen LogP contribution in [0, 0.1) is 0 Å². The second-order valence-electron chi connectivity index (χ2n) is 12.3. The first-order valence-corrected chi connectivity index (χ1v) is 15.3. The molecule has 0 saturated carbocycles. The molecule has 14 heteroatoms. The fourth-order valence-electron chi connectivity index (χ4n) is 3.97. The summed E-state index contributed by atoms with van der Waals surface area (Å²) in [5.74, 6) is 0.828. The Hall–Kier alpha value is -4.33. The smallest absolute Gasteiger partial charge is 0.410 e. The predicted octanol–water partition coefficient (Wildman–Crippen LogP) is 6.36. The number of benzene rings is 1. The van der Waals surface area contributed by atoms with E-state index in [1.165, 1.54) is 25.6 Å². The third kappa shape index (κ3) is 9.58. The van der Waals surface area contributed by atoms with Gasteiger partial charge in [0.1, 0.15) is 11.3 Å². The summed E-state index contributed by atoms with van der Waals surface area (Å²) in [4.78, 5) is 40.5. The van der Waals surface area contributed by atoms with Crippen molar-refractivity contribution >= 4 is 35.0 Å². The molecule has 0 aliphatic rings. The zero-order valence-electron chi connectivity index (χ0n) is 27.9. The summed E-state index contributed by atoms with van der Waals surface area (Å²) in [6.45, 7) is 16.2. The summed E-state index contributed by atoms with van der Waals surface area (Å²) < 4.78 is 27.9. The van der Waals surface area contributed by atoms with Gasteiger partial charge in [0.2, 0.25) is 17.7 Å². The first kappa shape index (κ1) is 35.2. The van der Waals surface area contributed by atoms with E-state index in [1.807, 2.05) is 52.8 Å². The molecule has 0 unspecified atom stereocenters. The Labute approximate surface area is 268 Å². The highest BCUT2D eigenvalue weighted by Gasteiger charge is 2.25. The third-order valence-electron chi connectivity index (χ3n) is 6.30. The van der Waals surface area contributed by atoms with E-state index in [-0.39, 0.29) is 45.7 Å². The van der Waals surface area contributed by atoms with Crippen LogP contribution in [0.4, 0.5) is 16.4 Å². The molecule has 0 spiro atoms. The second kappa shape index (κ2) is 14.6. The largest absolute Gasteiger partial charge is 0.493 e. The molecule has 0 radical (unpaired) electrons. The summed E-state index contributed by atoms with van der Waals surface area (Å²) >= 11 is 1.17. The van der Waals surface area contributed by atoms with Crippen LogP contribution in [0.15, 0.2) is 23.6 Å². The third-order valence-corrected chi connectivity index (χ3v) is 7.02. The molecule has 0 fully saturated rings. The number of aromatic nitrogens is 3. The zero-order chi connectivity index (χ0) is 33.5. The molecule has 2 aromatic heterocycles. The maximum atomic E-state index is 13.2. The van der Waals surface area contributed by atoms with Crippen LogP contribution in [-0.2, 0) is 10.2 Å². The first-order valence-electron chi connectivity index (χ1n) is 14.4. The van der Waals surface area contributed by atoms with Crippen molar-refractivity contribution in [2.24, 2.45) is 0 Å². The van der Waals surface area contributed by atoms with Crippen molar-refractivity contribution in [3.8, 4) is 28.5 Å². The minimum Gasteiger partial charge on any atom is -0.493 e. The standard InChI is InChI=1S/C31H44N6O7S/c1-18(2)37(29(39)44-31(6,7)8)15-14-32-27-35-25(41-10)23(26(36-27)42-11)34-24(38)20-17-45-28(33-20)43-22-16-19(30(3,4)5)12-13-21(22)40-9/h12-13,16-18H,14-15H2,1-11H3,(H,34,38)(H,32,35,36). The minimum atomic E-state index is -0.611. The lowest BCUT2D eigenvalue weighted by atomic mass is 9.87. The monoisotopic (exact) mass is 644 g/mol. The molecule has 3 aromatic rings. The molecule has 2 heterocycles. The Morgan fingerprint density at radius 1 is 0.933 bits per heavy atom. The molecule has 0 bridgehead atoms. The van der Waals surface area contributed by atoms with Crippen molar-refractivity contribution in [2.45, 2.75) is 72.4 Å². The Balaban J connectivity index is 1.74. The molecule has 2 amide bonds. The molecule has 0 saturated heterocycles. The quantitative estimate of drug-likeness (QED) is 0.227. The van der Waals surface area contributed by atoms with Crippen LogP contribution in [0.25, 0.3) is 0 Å². The van der Waals surface area contributed by atoms with Crippen molar-refractivity contribution in [2.75, 3.05) is 45.1 Å². The number of anilines is 2. The van der Waals surface area contributed by atoms with Gasteiger partial charge in [0.15, 0.2) is 17.2 Å². The molecule has 0 aliphatic carbocycles. The molecule has 3 rings (SSSR count). The number of hydrogen-bond acceptors (Lipinski definition) is 12. The van der Waals surface area contributed by atoms with Crippen LogP contribution in [0.5, 0.6) is 28.5 Å². The summed E-state index contributed by atoms with van der Waals surface area (Å²) in [5.41, 5.74) is 0.593. The van der Waals surface area contributed by atoms with Gasteiger partial charge >= 0.3 is 6.09 Å². The minimum absolute atomic E-state index is 0.0704. The van der Waals surface area contributed by atoms with Gasteiger partial charge in [-0.2, -0.15) is 15.0 Å². The predicted molar refractivity (Wildman–Crippen MR) is 174 cm³/mol. The van der Waals surface area contributed by atoms with E-state index in [0.29, 0.717) is 24.6 Å². The number of thiazole rings is 1. The number of amides is 2. The van der Waals surface area contributed by atoms with Crippen LogP contribution in [0.1, 0.15) is 71.4 Å². The molecule has 45 heavy (non-hydrogen) atoms. The molecule has 0 aliphatic heterocycles. The molecule has 2 N–H and O–H groups in total. The topological polar surface area (TPSA) is 146 Å². The van der Waals surface area contributed by atoms with Gasteiger partial charge in [-0.25, -0.2) is 4.79 Å². The van der Waals surface area contributed by atoms with E-state index in [9.17, 15) is 9.59 Å². The van der Waals surface area contributed by atoms with Crippen LogP contribution in [0.2, 0.25) is 0 Å². The van der Waals surface area contributed by atoms with Crippen LogP contribution < -0.4 is 29.6 Å². The summed E-state index contributed by atoms with van der Waals surface area (Å²) in [6, 6.07) is 5.65. The van der Waals surface area contributed by atoms with Crippen molar-refractivity contribution < 1.29 is 33.3 Å². The highest BCUT2D eigenvalue weighted by atomic mass is 32.1. The van der Waals surface area contributed by atoms with Gasteiger partial charge in [0.05, 0.1) is 21.3 Å². The lowest BCUT2D eigenvalue weighted by Crippen LogP contribution is -2.43. The normalized spacial score (nSPS) is 11.6. The Morgan fingerprint density at radius 2 is 1.58 bits per heavy atom. The molecule has 246 valence electrons. The van der Waals surface area contributed by atoms with Gasteiger partial charge in [-0.3, -0.25) is 4.79 Å². The van der Waals surface area contributed by atoms with Crippen LogP contribution in [0.3, 0.4) is 0 Å². The highest BCUT2D eigenvalue weighted by molar-refractivity contribution is 7.11. The van der Waals surface area contributed by atoms with E-state index in [0.717, 1.165) is 5.56 Å². The Kier molecular flexibility index (Phi) is 11.4. The Bertz CT molecular complexity index is 1450. The van der Waals surface area contributed by atoms with Gasteiger partial charge in [0.25, 0.3) is 11.1 Å². The number of methoxy groups -OCH3 is 3. The van der Waals surface area contributed by atoms with Crippen molar-refractivity contribution in [1.82, 2.24) is 19.9 Å². The number of nitrogens with one attached hydrogen (secondary N) is 2. The molecule has 0 atom stereocenters. The number of carbonyl (C=O) groups excluding carboxylic acids is 2. The summed E-state index contributed by atoms with van der Waals surface area (Å²) in [7, 11) is 4.39. The van der Waals surface area contributed by atoms with Gasteiger partial charge in [0, 0.05) is 24.5 Å². The number of rotatable bonds is 12. The number of hydrogen-bond donors (Lipinski definition) is 2. The molecular weight excluding hydrogens is 600 g/mol. The molecule has 13 nitrogen and oxygen atoms in total. The highest BCUT2D eigenvalue weighted by Crippen LogP contribution is 2.37. The maximum absolute atomic E-state index is 13.2. The van der Waals surface area contributed by atoms with E-state index < -0.39 is 17.6 Å².